The maximum Gasteiger partial charge on any atom is 0.348 e. The molecule has 1 aliphatic rings. The van der Waals surface area contributed by atoms with E-state index in [4.69, 9.17) is 9.47 Å². The molecule has 10 nitrogen and oxygen atoms in total. The summed E-state index contributed by atoms with van der Waals surface area (Å²) in [5.74, 6) is -0.911. The normalized spacial score (nSPS) is 13.3. The first-order valence-corrected chi connectivity index (χ1v) is 20.2. The Hall–Kier alpha value is -4.24. The quantitative estimate of drug-likeness (QED) is 0.127. The molecule has 2 aromatic heterocycles. The summed E-state index contributed by atoms with van der Waals surface area (Å²) < 4.78 is 42.6. The number of rotatable bonds is 11. The Bertz CT molecular complexity index is 2190. The van der Waals surface area contributed by atoms with E-state index in [0.29, 0.717) is 64.6 Å². The summed E-state index contributed by atoms with van der Waals surface area (Å²) in [6.07, 6.45) is 0.361. The van der Waals surface area contributed by atoms with Gasteiger partial charge in [0.05, 0.1) is 35.6 Å². The standard InChI is InChI=1S/C37H36BrN3O7S3/c1-4-48-37(44)33-24(2)28-23-27(13-14-32(28)50-33)51(45,46)41(17-15-25-9-11-26(12-10-25)36(43)47-3)31-8-6-5-7-30(31)39-18-20-40(21-19-39)35(42)34-29(38)16-22-49-34/h5-14,16,22-23H,4,15,17-21H2,1-3H3. The minimum atomic E-state index is -4.15. The summed E-state index contributed by atoms with van der Waals surface area (Å²) in [6.45, 7) is 5.89. The van der Waals surface area contributed by atoms with Crippen LogP contribution in [0, 0.1) is 6.92 Å². The van der Waals surface area contributed by atoms with Crippen LogP contribution < -0.4 is 9.21 Å². The number of carbonyl (C=O) groups is 3. The van der Waals surface area contributed by atoms with E-state index in [9.17, 15) is 22.8 Å². The third-order valence-electron chi connectivity index (χ3n) is 8.80. The summed E-state index contributed by atoms with van der Waals surface area (Å²) in [5.41, 5.74) is 3.17. The van der Waals surface area contributed by atoms with Gasteiger partial charge in [-0.15, -0.1) is 22.7 Å². The summed E-state index contributed by atoms with van der Waals surface area (Å²) in [5, 5.41) is 2.55. The van der Waals surface area contributed by atoms with Crippen molar-refractivity contribution in [1.29, 1.82) is 0 Å². The van der Waals surface area contributed by atoms with Gasteiger partial charge in [-0.25, -0.2) is 18.0 Å². The lowest BCUT2D eigenvalue weighted by Gasteiger charge is -2.38. The molecule has 14 heteroatoms. The SMILES string of the molecule is CCOC(=O)c1sc2ccc(S(=O)(=O)N(CCc3ccc(C(=O)OC)cc3)c3ccccc3N3CCN(C(=O)c4sccc4Br)CC3)cc2c1C. The van der Waals surface area contributed by atoms with E-state index < -0.39 is 22.0 Å². The van der Waals surface area contributed by atoms with Crippen molar-refractivity contribution < 1.29 is 32.3 Å². The van der Waals surface area contributed by atoms with Crippen LogP contribution in [0.5, 0.6) is 0 Å². The Morgan fingerprint density at radius 3 is 2.31 bits per heavy atom. The van der Waals surface area contributed by atoms with Crippen LogP contribution in [0.15, 0.2) is 87.5 Å². The molecule has 51 heavy (non-hydrogen) atoms. The van der Waals surface area contributed by atoms with E-state index in [1.54, 1.807) is 62.4 Å². The van der Waals surface area contributed by atoms with Gasteiger partial charge in [0.15, 0.2) is 0 Å². The van der Waals surface area contributed by atoms with Crippen LogP contribution in [0.2, 0.25) is 0 Å². The van der Waals surface area contributed by atoms with Crippen molar-refractivity contribution >= 4 is 87.9 Å². The second-order valence-corrected chi connectivity index (χ2v) is 16.5. The van der Waals surface area contributed by atoms with E-state index in [1.165, 1.54) is 34.1 Å². The number of para-hydroxylation sites is 2. The fraction of sp³-hybridized carbons (Fsp3) is 0.270. The van der Waals surface area contributed by atoms with Gasteiger partial charge in [0.2, 0.25) is 0 Å². The lowest BCUT2D eigenvalue weighted by Crippen LogP contribution is -2.49. The predicted octanol–water partition coefficient (Wildman–Crippen LogP) is 7.40. The number of hydrogen-bond acceptors (Lipinski definition) is 10. The fourth-order valence-electron chi connectivity index (χ4n) is 6.09. The van der Waals surface area contributed by atoms with Gasteiger partial charge < -0.3 is 19.3 Å². The van der Waals surface area contributed by atoms with Crippen molar-refractivity contribution in [3.63, 3.8) is 0 Å². The first-order chi connectivity index (χ1) is 24.5. The third-order valence-corrected chi connectivity index (χ3v) is 13.7. The predicted molar refractivity (Wildman–Crippen MR) is 205 cm³/mol. The number of thiophene rings is 2. The van der Waals surface area contributed by atoms with Crippen LogP contribution in [0.4, 0.5) is 11.4 Å². The molecule has 1 fully saturated rings. The zero-order chi connectivity index (χ0) is 36.3. The van der Waals surface area contributed by atoms with Crippen LogP contribution in [-0.2, 0) is 25.9 Å². The molecule has 6 rings (SSSR count). The molecule has 3 aromatic carbocycles. The molecule has 0 N–H and O–H groups in total. The minimum Gasteiger partial charge on any atom is -0.465 e. The number of aryl methyl sites for hydroxylation is 1. The number of nitrogens with zero attached hydrogens (tertiary/aromatic N) is 3. The number of hydrogen-bond donors (Lipinski definition) is 0. The molecule has 266 valence electrons. The van der Waals surface area contributed by atoms with Crippen molar-refractivity contribution in [1.82, 2.24) is 4.90 Å². The first-order valence-electron chi connectivity index (χ1n) is 16.3. The molecule has 5 aromatic rings. The Kier molecular flexibility index (Phi) is 11.2. The highest BCUT2D eigenvalue weighted by atomic mass is 79.9. The maximum atomic E-state index is 14.8. The molecule has 1 saturated heterocycles. The number of ether oxygens (including phenoxy) is 2. The molecule has 3 heterocycles. The van der Waals surface area contributed by atoms with E-state index in [0.717, 1.165) is 20.4 Å². The number of carbonyl (C=O) groups excluding carboxylic acids is 3. The monoisotopic (exact) mass is 809 g/mol. The minimum absolute atomic E-state index is 0.0301. The van der Waals surface area contributed by atoms with Crippen LogP contribution in [0.1, 0.15) is 47.8 Å². The largest absolute Gasteiger partial charge is 0.465 e. The average Bonchev–Trinajstić information content (AvgIpc) is 3.73. The van der Waals surface area contributed by atoms with Crippen molar-refractivity contribution in [2.75, 3.05) is 55.6 Å². The van der Waals surface area contributed by atoms with Gasteiger partial charge in [-0.2, -0.15) is 0 Å². The summed E-state index contributed by atoms with van der Waals surface area (Å²) >= 11 is 6.15. The topological polar surface area (TPSA) is 114 Å². The maximum absolute atomic E-state index is 14.8. The molecule has 0 radical (unpaired) electrons. The van der Waals surface area contributed by atoms with Gasteiger partial charge >= 0.3 is 11.9 Å². The van der Waals surface area contributed by atoms with Gasteiger partial charge in [-0.05, 0) is 107 Å². The van der Waals surface area contributed by atoms with Gasteiger partial charge in [0.1, 0.15) is 9.75 Å². The summed E-state index contributed by atoms with van der Waals surface area (Å²) in [4.78, 5) is 43.0. The van der Waals surface area contributed by atoms with Gasteiger partial charge in [-0.1, -0.05) is 24.3 Å². The molecule has 0 spiro atoms. The number of sulfonamides is 1. The van der Waals surface area contributed by atoms with E-state index in [-0.39, 0.29) is 24.0 Å². The molecular formula is C37H36BrN3O7S3. The van der Waals surface area contributed by atoms with Crippen LogP contribution in [-0.4, -0.2) is 77.6 Å². The molecule has 0 unspecified atom stereocenters. The number of esters is 2. The Balaban J connectivity index is 1.34. The Morgan fingerprint density at radius 1 is 0.922 bits per heavy atom. The molecule has 0 bridgehead atoms. The van der Waals surface area contributed by atoms with Crippen molar-refractivity contribution in [3.05, 3.63) is 109 Å². The second-order valence-electron chi connectivity index (χ2n) is 11.8. The van der Waals surface area contributed by atoms with Gasteiger partial charge in [0, 0.05) is 41.9 Å². The zero-order valence-electron chi connectivity index (χ0n) is 28.3. The van der Waals surface area contributed by atoms with E-state index >= 15 is 0 Å². The van der Waals surface area contributed by atoms with Gasteiger partial charge in [-0.3, -0.25) is 9.10 Å². The van der Waals surface area contributed by atoms with Crippen molar-refractivity contribution in [2.45, 2.75) is 25.2 Å². The molecule has 1 amide bonds. The smallest absolute Gasteiger partial charge is 0.348 e. The number of fused-ring (bicyclic) bond motifs is 1. The molecule has 0 aliphatic carbocycles. The summed E-state index contributed by atoms with van der Waals surface area (Å²) in [6, 6.07) is 21.1. The van der Waals surface area contributed by atoms with Crippen molar-refractivity contribution in [3.8, 4) is 0 Å². The van der Waals surface area contributed by atoms with E-state index in [2.05, 4.69) is 20.8 Å². The second kappa shape index (κ2) is 15.6. The Morgan fingerprint density at radius 2 is 1.65 bits per heavy atom. The van der Waals surface area contributed by atoms with Crippen LogP contribution in [0.25, 0.3) is 10.1 Å². The molecular weight excluding hydrogens is 775 g/mol. The third kappa shape index (κ3) is 7.55. The van der Waals surface area contributed by atoms with Gasteiger partial charge in [0.25, 0.3) is 15.9 Å². The van der Waals surface area contributed by atoms with Crippen molar-refractivity contribution in [2.24, 2.45) is 0 Å². The molecule has 1 aliphatic heterocycles. The number of amides is 1. The highest BCUT2D eigenvalue weighted by Gasteiger charge is 2.31. The number of piperazine rings is 1. The highest BCUT2D eigenvalue weighted by Crippen LogP contribution is 2.37. The number of benzene rings is 3. The molecule has 0 atom stereocenters. The lowest BCUT2D eigenvalue weighted by atomic mass is 10.1. The Labute approximate surface area is 313 Å². The number of anilines is 2. The number of halogens is 1. The van der Waals surface area contributed by atoms with Crippen LogP contribution >= 0.6 is 38.6 Å². The first kappa shape index (κ1) is 36.5. The zero-order valence-corrected chi connectivity index (χ0v) is 32.3. The van der Waals surface area contributed by atoms with Crippen LogP contribution in [0.3, 0.4) is 0 Å². The summed E-state index contributed by atoms with van der Waals surface area (Å²) in [7, 11) is -2.82. The lowest BCUT2D eigenvalue weighted by molar-refractivity contribution is 0.0530. The van der Waals surface area contributed by atoms with E-state index in [1.807, 2.05) is 34.5 Å². The fourth-order valence-corrected chi connectivity index (χ4v) is 10.2. The highest BCUT2D eigenvalue weighted by molar-refractivity contribution is 9.10. The molecule has 0 saturated carbocycles. The average molecular weight is 811 g/mol. The number of methoxy groups -OCH3 is 1.